The van der Waals surface area contributed by atoms with Crippen LogP contribution in [0.4, 0.5) is 4.79 Å². The van der Waals surface area contributed by atoms with Crippen LogP contribution in [-0.4, -0.2) is 74.0 Å². The molecule has 0 aliphatic carbocycles. The Morgan fingerprint density at radius 2 is 1.96 bits per heavy atom. The van der Waals surface area contributed by atoms with Gasteiger partial charge in [-0.3, -0.25) is 14.5 Å². The average molecular weight is 394 g/mol. The number of carboxylic acid groups (broad SMARTS) is 1. The Hall–Kier alpha value is -2.81. The van der Waals surface area contributed by atoms with E-state index in [1.165, 1.54) is 0 Å². The molecule has 3 rings (SSSR count). The molecular formula is C19H26N2O7. The van der Waals surface area contributed by atoms with Gasteiger partial charge in [0.1, 0.15) is 12.4 Å². The molecule has 9 nitrogen and oxygen atoms in total. The Bertz CT molecular complexity index is 655. The highest BCUT2D eigenvalue weighted by Crippen LogP contribution is 2.31. The Labute approximate surface area is 163 Å². The normalized spacial score (nSPS) is 17.7. The number of rotatable bonds is 6. The smallest absolute Gasteiger partial charge is 0.497 e. The summed E-state index contributed by atoms with van der Waals surface area (Å²) >= 11 is 0. The molecule has 1 amide bonds. The largest absolute Gasteiger partial charge is 0.509 e. The first-order valence-electron chi connectivity index (χ1n) is 9.06. The van der Waals surface area contributed by atoms with E-state index in [-0.39, 0.29) is 12.4 Å². The predicted molar refractivity (Wildman–Crippen MR) is 99.2 cm³/mol. The first kappa shape index (κ1) is 21.5. The van der Waals surface area contributed by atoms with Gasteiger partial charge in [-0.25, -0.2) is 4.79 Å². The maximum Gasteiger partial charge on any atom is 0.509 e. The fourth-order valence-corrected chi connectivity index (χ4v) is 3.19. The fourth-order valence-electron chi connectivity index (χ4n) is 3.19. The summed E-state index contributed by atoms with van der Waals surface area (Å²) in [5, 5.41) is 9.84. The van der Waals surface area contributed by atoms with Crippen LogP contribution in [0, 0.1) is 0 Å². The van der Waals surface area contributed by atoms with Gasteiger partial charge < -0.3 is 24.6 Å². The van der Waals surface area contributed by atoms with Crippen molar-refractivity contribution in [1.29, 1.82) is 0 Å². The van der Waals surface area contributed by atoms with E-state index in [0.717, 1.165) is 30.8 Å². The number of amides is 1. The lowest BCUT2D eigenvalue weighted by Gasteiger charge is -2.35. The molecule has 2 fully saturated rings. The van der Waals surface area contributed by atoms with E-state index < -0.39 is 11.8 Å². The van der Waals surface area contributed by atoms with Gasteiger partial charge in [0.25, 0.3) is 6.47 Å². The topological polar surface area (TPSA) is 114 Å². The number of likely N-dealkylation sites (tertiary alicyclic amines) is 1. The lowest BCUT2D eigenvalue weighted by Crippen LogP contribution is -2.48. The lowest BCUT2D eigenvalue weighted by molar-refractivity contribution is -0.123. The van der Waals surface area contributed by atoms with Crippen molar-refractivity contribution >= 4 is 18.5 Å². The fraction of sp³-hybridized carbons (Fsp3) is 0.526. The summed E-state index contributed by atoms with van der Waals surface area (Å²) in [6.07, 6.45) is 1.62. The van der Waals surface area contributed by atoms with E-state index in [9.17, 15) is 9.59 Å². The maximum atomic E-state index is 12.1. The zero-order valence-corrected chi connectivity index (χ0v) is 15.9. The number of hydrogen-bond acceptors (Lipinski definition) is 7. The molecule has 2 heterocycles. The first-order chi connectivity index (χ1) is 13.5. The van der Waals surface area contributed by atoms with E-state index in [1.807, 2.05) is 24.3 Å². The van der Waals surface area contributed by atoms with Gasteiger partial charge >= 0.3 is 6.16 Å². The third-order valence-corrected chi connectivity index (χ3v) is 4.78. The molecule has 0 saturated carbocycles. The average Bonchev–Trinajstić information content (AvgIpc) is 3.05. The second kappa shape index (κ2) is 10.5. The molecule has 2 N–H and O–H groups in total. The summed E-state index contributed by atoms with van der Waals surface area (Å²) in [5.74, 6) is 0.845. The van der Waals surface area contributed by atoms with Crippen molar-refractivity contribution < 1.29 is 33.7 Å². The SMILES string of the molecule is COc1ccc(CCNC(=O)CN2CCC3(CC2)COC(=O)O3)cc1.O=CO. The van der Waals surface area contributed by atoms with Crippen molar-refractivity contribution in [3.63, 3.8) is 0 Å². The van der Waals surface area contributed by atoms with E-state index >= 15 is 0 Å². The molecule has 2 saturated heterocycles. The summed E-state index contributed by atoms with van der Waals surface area (Å²) < 4.78 is 15.3. The Kier molecular flexibility index (Phi) is 8.06. The molecular weight excluding hydrogens is 368 g/mol. The van der Waals surface area contributed by atoms with Gasteiger partial charge in [0.2, 0.25) is 5.91 Å². The number of hydrogen-bond donors (Lipinski definition) is 2. The Morgan fingerprint density at radius 3 is 2.50 bits per heavy atom. The Balaban J connectivity index is 0.000000878. The van der Waals surface area contributed by atoms with Crippen molar-refractivity contribution in [1.82, 2.24) is 10.2 Å². The van der Waals surface area contributed by atoms with Crippen LogP contribution in [0.5, 0.6) is 5.75 Å². The van der Waals surface area contributed by atoms with Crippen LogP contribution in [0.3, 0.4) is 0 Å². The van der Waals surface area contributed by atoms with E-state index in [0.29, 0.717) is 32.5 Å². The van der Waals surface area contributed by atoms with Crippen LogP contribution in [0.25, 0.3) is 0 Å². The van der Waals surface area contributed by atoms with Gasteiger partial charge in [0, 0.05) is 32.5 Å². The van der Waals surface area contributed by atoms with Gasteiger partial charge in [-0.05, 0) is 24.1 Å². The van der Waals surface area contributed by atoms with E-state index in [4.69, 9.17) is 24.1 Å². The number of cyclic esters (lactones) is 1. The van der Waals surface area contributed by atoms with Crippen molar-refractivity contribution in [3.8, 4) is 5.75 Å². The quantitative estimate of drug-likeness (QED) is 0.544. The number of carbonyl (C=O) groups is 3. The summed E-state index contributed by atoms with van der Waals surface area (Å²) in [7, 11) is 1.64. The van der Waals surface area contributed by atoms with Crippen LogP contribution in [0.2, 0.25) is 0 Å². The highest BCUT2D eigenvalue weighted by Gasteiger charge is 2.44. The summed E-state index contributed by atoms with van der Waals surface area (Å²) in [5.41, 5.74) is 0.683. The summed E-state index contributed by atoms with van der Waals surface area (Å²) in [4.78, 5) is 33.6. The number of piperidine rings is 1. The molecule has 0 radical (unpaired) electrons. The molecule has 1 spiro atoms. The standard InChI is InChI=1S/C18H24N2O5.CH2O2/c1-23-15-4-2-14(3-5-15)6-9-19-16(21)12-20-10-7-18(8-11-20)13-24-17(22)25-18;2-1-3/h2-5H,6-13H2,1H3,(H,19,21);1H,(H,2,3). The van der Waals surface area contributed by atoms with Crippen molar-refractivity contribution in [2.45, 2.75) is 24.9 Å². The number of nitrogens with one attached hydrogen (secondary N) is 1. The molecule has 0 bridgehead atoms. The van der Waals surface area contributed by atoms with Crippen LogP contribution >= 0.6 is 0 Å². The van der Waals surface area contributed by atoms with Gasteiger partial charge in [0.15, 0.2) is 5.60 Å². The zero-order chi connectivity index (χ0) is 20.4. The number of carbonyl (C=O) groups excluding carboxylic acids is 2. The third kappa shape index (κ3) is 6.41. The van der Waals surface area contributed by atoms with Gasteiger partial charge in [-0.15, -0.1) is 0 Å². The minimum absolute atomic E-state index is 0.0177. The molecule has 0 unspecified atom stereocenters. The maximum absolute atomic E-state index is 12.1. The van der Waals surface area contributed by atoms with Crippen LogP contribution in [0.1, 0.15) is 18.4 Å². The second-order valence-electron chi connectivity index (χ2n) is 6.65. The summed E-state index contributed by atoms with van der Waals surface area (Å²) in [6.45, 7) is 2.50. The molecule has 28 heavy (non-hydrogen) atoms. The van der Waals surface area contributed by atoms with E-state index in [1.54, 1.807) is 7.11 Å². The zero-order valence-electron chi connectivity index (χ0n) is 15.9. The number of benzene rings is 1. The number of ether oxygens (including phenoxy) is 3. The number of nitrogens with zero attached hydrogens (tertiary/aromatic N) is 1. The van der Waals surface area contributed by atoms with Crippen LogP contribution in [0.15, 0.2) is 24.3 Å². The minimum atomic E-state index is -0.579. The molecule has 2 aliphatic rings. The van der Waals surface area contributed by atoms with Gasteiger partial charge in [0.05, 0.1) is 13.7 Å². The number of methoxy groups -OCH3 is 1. The molecule has 154 valence electrons. The molecule has 2 aliphatic heterocycles. The van der Waals surface area contributed by atoms with Crippen LogP contribution in [-0.2, 0) is 25.5 Å². The molecule has 1 aromatic carbocycles. The monoisotopic (exact) mass is 394 g/mol. The predicted octanol–water partition coefficient (Wildman–Crippen LogP) is 1.06. The highest BCUT2D eigenvalue weighted by molar-refractivity contribution is 5.78. The Morgan fingerprint density at radius 1 is 1.32 bits per heavy atom. The van der Waals surface area contributed by atoms with Crippen molar-refractivity contribution in [2.75, 3.05) is 39.9 Å². The third-order valence-electron chi connectivity index (χ3n) is 4.78. The highest BCUT2D eigenvalue weighted by atomic mass is 16.8. The first-order valence-corrected chi connectivity index (χ1v) is 9.06. The lowest BCUT2D eigenvalue weighted by atomic mass is 9.92. The molecule has 9 heteroatoms. The van der Waals surface area contributed by atoms with E-state index in [2.05, 4.69) is 10.2 Å². The van der Waals surface area contributed by atoms with Gasteiger partial charge in [-0.2, -0.15) is 0 Å². The van der Waals surface area contributed by atoms with Crippen LogP contribution < -0.4 is 10.1 Å². The molecule has 0 atom stereocenters. The minimum Gasteiger partial charge on any atom is -0.497 e. The van der Waals surface area contributed by atoms with Crippen molar-refractivity contribution in [3.05, 3.63) is 29.8 Å². The molecule has 1 aromatic rings. The van der Waals surface area contributed by atoms with Gasteiger partial charge in [-0.1, -0.05) is 12.1 Å². The second-order valence-corrected chi connectivity index (χ2v) is 6.65. The van der Waals surface area contributed by atoms with Crippen molar-refractivity contribution in [2.24, 2.45) is 0 Å². The summed E-state index contributed by atoms with van der Waals surface area (Å²) in [6, 6.07) is 7.83. The molecule has 0 aromatic heterocycles.